The Labute approximate surface area is 134 Å². The number of hydrogen-bond donors (Lipinski definition) is 1. The molecule has 0 aliphatic carbocycles. The summed E-state index contributed by atoms with van der Waals surface area (Å²) in [6.07, 6.45) is 5.77. The maximum absolute atomic E-state index is 12.1. The fourth-order valence-corrected chi connectivity index (χ4v) is 1.91. The SMILES string of the molecule is COc1ccc(/C=C/C(=O)c2ccc(/C=C/C(=O)O)cc2)cc1. The highest BCUT2D eigenvalue weighted by Crippen LogP contribution is 2.13. The summed E-state index contributed by atoms with van der Waals surface area (Å²) in [5.74, 6) is -0.361. The van der Waals surface area contributed by atoms with Gasteiger partial charge in [-0.3, -0.25) is 4.79 Å². The van der Waals surface area contributed by atoms with E-state index in [4.69, 9.17) is 9.84 Å². The summed E-state index contributed by atoms with van der Waals surface area (Å²) in [5, 5.41) is 8.57. The fraction of sp³-hybridized carbons (Fsp3) is 0.0526. The van der Waals surface area contributed by atoms with E-state index in [0.29, 0.717) is 5.56 Å². The summed E-state index contributed by atoms with van der Waals surface area (Å²) in [4.78, 5) is 22.5. The average molecular weight is 308 g/mol. The minimum Gasteiger partial charge on any atom is -0.497 e. The van der Waals surface area contributed by atoms with E-state index in [9.17, 15) is 9.59 Å². The molecule has 0 aliphatic rings. The van der Waals surface area contributed by atoms with E-state index in [1.165, 1.54) is 12.2 Å². The Bertz CT molecular complexity index is 738. The van der Waals surface area contributed by atoms with Crippen molar-refractivity contribution in [1.29, 1.82) is 0 Å². The maximum atomic E-state index is 12.1. The molecule has 0 unspecified atom stereocenters. The lowest BCUT2D eigenvalue weighted by Gasteiger charge is -2.00. The number of carbonyl (C=O) groups excluding carboxylic acids is 1. The van der Waals surface area contributed by atoms with Crippen LogP contribution in [-0.4, -0.2) is 24.0 Å². The van der Waals surface area contributed by atoms with Crippen molar-refractivity contribution in [3.63, 3.8) is 0 Å². The van der Waals surface area contributed by atoms with Crippen molar-refractivity contribution in [2.75, 3.05) is 7.11 Å². The van der Waals surface area contributed by atoms with E-state index < -0.39 is 5.97 Å². The van der Waals surface area contributed by atoms with Crippen LogP contribution >= 0.6 is 0 Å². The third-order valence-corrected chi connectivity index (χ3v) is 3.16. The lowest BCUT2D eigenvalue weighted by atomic mass is 10.1. The molecule has 2 aromatic carbocycles. The molecule has 0 atom stereocenters. The monoisotopic (exact) mass is 308 g/mol. The van der Waals surface area contributed by atoms with Crippen molar-refractivity contribution in [3.8, 4) is 5.75 Å². The van der Waals surface area contributed by atoms with Gasteiger partial charge in [0.2, 0.25) is 0 Å². The first kappa shape index (κ1) is 16.2. The van der Waals surface area contributed by atoms with Gasteiger partial charge in [-0.2, -0.15) is 0 Å². The van der Waals surface area contributed by atoms with Crippen LogP contribution in [0.25, 0.3) is 12.2 Å². The molecule has 0 aromatic heterocycles. The van der Waals surface area contributed by atoms with Crippen LogP contribution in [0.4, 0.5) is 0 Å². The summed E-state index contributed by atoms with van der Waals surface area (Å²) in [7, 11) is 1.60. The van der Waals surface area contributed by atoms with Gasteiger partial charge in [0.05, 0.1) is 7.11 Å². The van der Waals surface area contributed by atoms with E-state index >= 15 is 0 Å². The summed E-state index contributed by atoms with van der Waals surface area (Å²) < 4.78 is 5.08. The van der Waals surface area contributed by atoms with E-state index in [2.05, 4.69) is 0 Å². The van der Waals surface area contributed by atoms with Gasteiger partial charge in [0.25, 0.3) is 0 Å². The Morgan fingerprint density at radius 2 is 1.39 bits per heavy atom. The molecular formula is C19H16O4. The van der Waals surface area contributed by atoms with Gasteiger partial charge in [-0.05, 0) is 35.4 Å². The zero-order valence-corrected chi connectivity index (χ0v) is 12.6. The second kappa shape index (κ2) is 7.75. The smallest absolute Gasteiger partial charge is 0.328 e. The number of benzene rings is 2. The van der Waals surface area contributed by atoms with E-state index in [1.807, 2.05) is 24.3 Å². The first-order valence-corrected chi connectivity index (χ1v) is 6.96. The van der Waals surface area contributed by atoms with Gasteiger partial charge in [0.1, 0.15) is 5.75 Å². The second-order valence-electron chi connectivity index (χ2n) is 4.76. The van der Waals surface area contributed by atoms with E-state index in [-0.39, 0.29) is 5.78 Å². The van der Waals surface area contributed by atoms with Gasteiger partial charge >= 0.3 is 5.97 Å². The highest BCUT2D eigenvalue weighted by Gasteiger charge is 2.01. The van der Waals surface area contributed by atoms with Crippen molar-refractivity contribution < 1.29 is 19.4 Å². The normalized spacial score (nSPS) is 11.0. The van der Waals surface area contributed by atoms with Crippen molar-refractivity contribution in [2.45, 2.75) is 0 Å². The third kappa shape index (κ3) is 4.97. The standard InChI is InChI=1S/C19H16O4/c1-23-17-10-4-15(5-11-17)6-12-18(20)16-8-2-14(3-9-16)7-13-19(21)22/h2-13H,1H3,(H,21,22)/b12-6+,13-7+. The number of carboxylic acids is 1. The third-order valence-electron chi connectivity index (χ3n) is 3.16. The van der Waals surface area contributed by atoms with Crippen molar-refractivity contribution in [3.05, 3.63) is 77.4 Å². The topological polar surface area (TPSA) is 63.6 Å². The number of carbonyl (C=O) groups is 2. The Morgan fingerprint density at radius 1 is 0.870 bits per heavy atom. The van der Waals surface area contributed by atoms with Crippen LogP contribution in [-0.2, 0) is 4.79 Å². The molecule has 0 saturated carbocycles. The van der Waals surface area contributed by atoms with Gasteiger partial charge in [-0.1, -0.05) is 42.5 Å². The minimum atomic E-state index is -1.01. The molecule has 2 rings (SSSR count). The molecule has 0 amide bonds. The molecule has 2 aromatic rings. The maximum Gasteiger partial charge on any atom is 0.328 e. The van der Waals surface area contributed by atoms with Crippen LogP contribution in [0.3, 0.4) is 0 Å². The molecule has 0 fully saturated rings. The first-order valence-electron chi connectivity index (χ1n) is 6.96. The highest BCUT2D eigenvalue weighted by molar-refractivity contribution is 6.06. The van der Waals surface area contributed by atoms with Crippen LogP contribution in [0.15, 0.2) is 60.7 Å². The molecule has 4 nitrogen and oxygen atoms in total. The molecule has 4 heteroatoms. The van der Waals surface area contributed by atoms with Crippen molar-refractivity contribution in [2.24, 2.45) is 0 Å². The van der Waals surface area contributed by atoms with Crippen LogP contribution in [0.2, 0.25) is 0 Å². The first-order chi connectivity index (χ1) is 11.1. The molecule has 0 saturated heterocycles. The van der Waals surface area contributed by atoms with Crippen LogP contribution in [0, 0.1) is 0 Å². The molecule has 0 aliphatic heterocycles. The van der Waals surface area contributed by atoms with Crippen LogP contribution in [0.5, 0.6) is 5.75 Å². The number of allylic oxidation sites excluding steroid dienone is 1. The summed E-state index contributed by atoms with van der Waals surface area (Å²) >= 11 is 0. The number of hydrogen-bond acceptors (Lipinski definition) is 3. The molecule has 116 valence electrons. The lowest BCUT2D eigenvalue weighted by molar-refractivity contribution is -0.131. The molecule has 0 bridgehead atoms. The van der Waals surface area contributed by atoms with Crippen LogP contribution < -0.4 is 4.74 Å². The van der Waals surface area contributed by atoms with Gasteiger partial charge in [-0.25, -0.2) is 4.79 Å². The number of aliphatic carboxylic acids is 1. The molecular weight excluding hydrogens is 292 g/mol. The number of methoxy groups -OCH3 is 1. The Morgan fingerprint density at radius 3 is 1.91 bits per heavy atom. The van der Waals surface area contributed by atoms with Crippen LogP contribution in [0.1, 0.15) is 21.5 Å². The van der Waals surface area contributed by atoms with E-state index in [0.717, 1.165) is 23.0 Å². The predicted octanol–water partition coefficient (Wildman–Crippen LogP) is 3.69. The zero-order valence-electron chi connectivity index (χ0n) is 12.6. The molecule has 0 heterocycles. The van der Waals surface area contributed by atoms with Gasteiger partial charge in [-0.15, -0.1) is 0 Å². The summed E-state index contributed by atoms with van der Waals surface area (Å²) in [6.45, 7) is 0. The average Bonchev–Trinajstić information content (AvgIpc) is 2.58. The van der Waals surface area contributed by atoms with Crippen molar-refractivity contribution >= 4 is 23.9 Å². The van der Waals surface area contributed by atoms with Gasteiger partial charge < -0.3 is 9.84 Å². The number of carboxylic acid groups (broad SMARTS) is 1. The summed E-state index contributed by atoms with van der Waals surface area (Å²) in [5.41, 5.74) is 2.17. The quantitative estimate of drug-likeness (QED) is 0.653. The molecule has 23 heavy (non-hydrogen) atoms. The van der Waals surface area contributed by atoms with Crippen molar-refractivity contribution in [1.82, 2.24) is 0 Å². The van der Waals surface area contributed by atoms with Gasteiger partial charge in [0.15, 0.2) is 5.78 Å². The Kier molecular flexibility index (Phi) is 5.47. The minimum absolute atomic E-state index is 0.116. The number of ether oxygens (including phenoxy) is 1. The predicted molar refractivity (Wildman–Crippen MR) is 89.5 cm³/mol. The number of ketones is 1. The Hall–Kier alpha value is -3.14. The molecule has 1 N–H and O–H groups in total. The van der Waals surface area contributed by atoms with Gasteiger partial charge in [0, 0.05) is 11.6 Å². The highest BCUT2D eigenvalue weighted by atomic mass is 16.5. The lowest BCUT2D eigenvalue weighted by Crippen LogP contribution is -1.94. The molecule has 0 spiro atoms. The fourth-order valence-electron chi connectivity index (χ4n) is 1.91. The van der Waals surface area contributed by atoms with E-state index in [1.54, 1.807) is 37.5 Å². The largest absolute Gasteiger partial charge is 0.497 e. The summed E-state index contributed by atoms with van der Waals surface area (Å²) in [6, 6.07) is 14.1. The second-order valence-corrected chi connectivity index (χ2v) is 4.76. The molecule has 0 radical (unpaired) electrons. The number of rotatable bonds is 6. The zero-order chi connectivity index (χ0) is 16.7. The Balaban J connectivity index is 2.04.